The molecule has 0 saturated carbocycles. The number of ether oxygens (including phenoxy) is 5. The lowest BCUT2D eigenvalue weighted by molar-refractivity contribution is -0.145. The predicted octanol–water partition coefficient (Wildman–Crippen LogP) is 23.3. The highest BCUT2D eigenvalue weighted by Crippen LogP contribution is 2.37. The quantitative estimate of drug-likeness (QED) is 0.0132. The van der Waals surface area contributed by atoms with Crippen molar-refractivity contribution in [3.8, 4) is 57.4 Å². The fourth-order valence-corrected chi connectivity index (χ4v) is 9.31. The van der Waals surface area contributed by atoms with E-state index < -0.39 is 22.8 Å². The molecule has 578 valence electrons. The third-order valence-electron chi connectivity index (χ3n) is 12.7. The van der Waals surface area contributed by atoms with Crippen molar-refractivity contribution in [2.75, 3.05) is 43.1 Å². The number of carbonyl (C=O) groups is 4. The van der Waals surface area contributed by atoms with Gasteiger partial charge in [-0.3, -0.25) is 14.4 Å². The lowest BCUT2D eigenvalue weighted by Crippen LogP contribution is -2.18. The number of benzene rings is 6. The Balaban J connectivity index is 0. The van der Waals surface area contributed by atoms with Crippen LogP contribution < -0.4 is 10.5 Å². The average molecular weight is 1800 g/mol. The first kappa shape index (κ1) is 101. The van der Waals surface area contributed by atoms with Gasteiger partial charge in [0.25, 0.3) is 5.91 Å². The van der Waals surface area contributed by atoms with Crippen molar-refractivity contribution in [2.45, 2.75) is 127 Å². The van der Waals surface area contributed by atoms with E-state index in [2.05, 4.69) is 74.2 Å². The fourth-order valence-electron chi connectivity index (χ4n) is 7.64. The number of halogens is 10. The molecule has 0 aliphatic rings. The van der Waals surface area contributed by atoms with Crippen LogP contribution in [0.2, 0.25) is 30.1 Å². The van der Waals surface area contributed by atoms with Gasteiger partial charge in [0.15, 0.2) is 5.78 Å². The first-order valence-corrected chi connectivity index (χ1v) is 37.2. The predicted molar refractivity (Wildman–Crippen MR) is 435 cm³/mol. The molecule has 20 nitrogen and oxygen atoms in total. The molecule has 105 heavy (non-hydrogen) atoms. The highest BCUT2D eigenvalue weighted by Gasteiger charge is 2.25. The SMILES string of the molecule is C.C.C.C.CCCCOCc1coc(-c2cc(Cl)ccc2O)n1.CCCCOCc1coc(-c2cc(Cl)ccc2O)n1.CCCCOCc1coc(-c2cc(Cl)ccc2OC(C(=O)O)c2ccc(Cl)cc2)n1.CCOC(=O)C(Br)c1ccc(Cl)cc1.CI.NC(=O)c1cc(Cl)ccc1O.O=C(CCl)CCl. The molecule has 6 aromatic carbocycles. The number of phenols is 3. The van der Waals surface area contributed by atoms with Crippen molar-refractivity contribution in [3.05, 3.63) is 204 Å². The average Bonchev–Trinajstić information content (AvgIpc) is 1.80. The molecule has 0 fully saturated rings. The van der Waals surface area contributed by atoms with E-state index in [-0.39, 0.29) is 87.7 Å². The molecule has 0 saturated heterocycles. The number of esters is 1. The van der Waals surface area contributed by atoms with Crippen LogP contribution in [0.1, 0.15) is 145 Å². The summed E-state index contributed by atoms with van der Waals surface area (Å²) in [5.41, 5.74) is 9.68. The monoisotopic (exact) mass is 1790 g/mol. The molecule has 2 atom stereocenters. The Bertz CT molecular complexity index is 3820. The number of aromatic hydroxyl groups is 3. The van der Waals surface area contributed by atoms with Crippen LogP contribution in [-0.2, 0) is 53.2 Å². The van der Waals surface area contributed by atoms with E-state index >= 15 is 0 Å². The van der Waals surface area contributed by atoms with Crippen molar-refractivity contribution in [1.82, 2.24) is 15.0 Å². The zero-order valence-corrected chi connectivity index (χ0v) is 65.2. The van der Waals surface area contributed by atoms with Crippen LogP contribution in [-0.4, -0.2) is 102 Å². The number of phenolic OH excluding ortho intramolecular Hbond substituents is 2. The molecule has 0 bridgehead atoms. The topological polar surface area (TPSA) is 299 Å². The summed E-state index contributed by atoms with van der Waals surface area (Å²) in [5, 5.41) is 41.2. The lowest BCUT2D eigenvalue weighted by Gasteiger charge is -2.17. The molecular weight excluding hydrogens is 1700 g/mol. The summed E-state index contributed by atoms with van der Waals surface area (Å²) < 4.78 is 43.4. The number of primary amides is 1. The van der Waals surface area contributed by atoms with Gasteiger partial charge < -0.3 is 63.1 Å². The molecule has 3 heterocycles. The van der Waals surface area contributed by atoms with Gasteiger partial charge in [-0.15, -0.1) is 23.2 Å². The van der Waals surface area contributed by atoms with Crippen LogP contribution in [0.25, 0.3) is 34.4 Å². The summed E-state index contributed by atoms with van der Waals surface area (Å²) in [6.07, 6.45) is 9.59. The molecule has 0 spiro atoms. The van der Waals surface area contributed by atoms with Gasteiger partial charge in [-0.2, -0.15) is 0 Å². The van der Waals surface area contributed by atoms with E-state index in [4.69, 9.17) is 141 Å². The molecule has 3 aromatic heterocycles. The van der Waals surface area contributed by atoms with Gasteiger partial charge in [-0.05, 0) is 134 Å². The summed E-state index contributed by atoms with van der Waals surface area (Å²) in [7, 11) is 0. The van der Waals surface area contributed by atoms with Crippen LogP contribution in [0.4, 0.5) is 0 Å². The number of hydrogen-bond donors (Lipinski definition) is 5. The number of unbranched alkanes of at least 4 members (excludes halogenated alkanes) is 3. The summed E-state index contributed by atoms with van der Waals surface area (Å²) in [4.78, 5) is 58.2. The van der Waals surface area contributed by atoms with Gasteiger partial charge in [0.05, 0.1) is 60.4 Å². The van der Waals surface area contributed by atoms with Crippen molar-refractivity contribution < 1.29 is 76.5 Å². The van der Waals surface area contributed by atoms with E-state index in [9.17, 15) is 34.5 Å². The van der Waals surface area contributed by atoms with Crippen LogP contribution in [0, 0.1) is 0 Å². The molecular formula is C75H92BrCl8IN4O16. The van der Waals surface area contributed by atoms with Crippen molar-refractivity contribution in [3.63, 3.8) is 0 Å². The minimum Gasteiger partial charge on any atom is -0.507 e. The number of nitrogens with two attached hydrogens (primary N) is 1. The van der Waals surface area contributed by atoms with Crippen LogP contribution in [0.3, 0.4) is 0 Å². The number of alkyl halides is 4. The number of rotatable bonds is 28. The number of amides is 1. The second kappa shape index (κ2) is 56.9. The van der Waals surface area contributed by atoms with Crippen LogP contribution in [0.15, 0.2) is 153 Å². The van der Waals surface area contributed by atoms with E-state index in [1.54, 1.807) is 97.9 Å². The molecule has 9 rings (SSSR count). The smallest absolute Gasteiger partial charge is 0.349 e. The number of Topliss-reactive ketones (excluding diaryl/α,β-unsaturated/α-hetero) is 1. The molecule has 6 N–H and O–H groups in total. The maximum Gasteiger partial charge on any atom is 0.349 e. The Hall–Kier alpha value is -6.36. The van der Waals surface area contributed by atoms with Crippen molar-refractivity contribution >= 4 is 155 Å². The standard InChI is InChI=1S/C22H21Cl2NO5.2C14H16ClNO3.C10H10BrClO2.C7H6ClNO2.C3H4Cl2O.CH3I.4CH4/c1-2-3-10-28-12-17-13-29-21(25-17)18-11-16(24)8-9-19(18)30-20(22(26)27)14-4-6-15(23)7-5-14;2*1-2-3-6-18-8-11-9-19-14(16-11)12-7-10(15)4-5-13(12)17;1-2-14-10(13)9(11)7-3-5-8(12)6-4-7;8-4-1-2-6(10)5(3-4)7(9)11;4-1-3(6)2-5;1-2;;;;/h4-9,11,13,20H,2-3,10,12H2,1H3,(H,26,27);2*4-5,7,9,17H,2-3,6,8H2,1H3;3-6,9H,2H2,1H3;1-3,10H,(H2,9,11);1-2H2;1H3;4*1H4. The van der Waals surface area contributed by atoms with Gasteiger partial charge in [-0.25, -0.2) is 19.7 Å². The number of carboxylic acid groups (broad SMARTS) is 1. The van der Waals surface area contributed by atoms with E-state index in [0.29, 0.717) is 128 Å². The normalized spacial score (nSPS) is 10.5. The first-order chi connectivity index (χ1) is 48.4. The maximum absolute atomic E-state index is 11.8. The molecule has 1 amide bonds. The first-order valence-electron chi connectivity index (χ1n) is 30.8. The Morgan fingerprint density at radius 2 is 0.848 bits per heavy atom. The molecule has 0 aliphatic heterocycles. The third-order valence-corrected chi connectivity index (χ3v) is 15.6. The molecule has 0 aliphatic carbocycles. The summed E-state index contributed by atoms with van der Waals surface area (Å²) in [6.45, 7) is 11.7. The van der Waals surface area contributed by atoms with E-state index in [1.807, 2.05) is 4.93 Å². The number of nitrogens with zero attached hydrogens (tertiary/aromatic N) is 3. The van der Waals surface area contributed by atoms with E-state index in [1.165, 1.54) is 49.1 Å². The highest BCUT2D eigenvalue weighted by molar-refractivity contribution is 14.1. The highest BCUT2D eigenvalue weighted by atomic mass is 127. The lowest BCUT2D eigenvalue weighted by atomic mass is 10.1. The van der Waals surface area contributed by atoms with Crippen molar-refractivity contribution in [1.29, 1.82) is 0 Å². The zero-order chi connectivity index (χ0) is 74.8. The Kier molecular flexibility index (Phi) is 54.5. The largest absolute Gasteiger partial charge is 0.507 e. The van der Waals surface area contributed by atoms with Gasteiger partial charge in [0, 0.05) is 55.5 Å². The Labute approximate surface area is 677 Å². The number of oxazole rings is 3. The minimum absolute atomic E-state index is 0. The maximum atomic E-state index is 11.8. The van der Waals surface area contributed by atoms with Gasteiger partial charge in [0.1, 0.15) is 63.7 Å². The fraction of sp³-hybridized carbons (Fsp3) is 0.347. The molecule has 2 unspecified atom stereocenters. The summed E-state index contributed by atoms with van der Waals surface area (Å²) in [6, 6.07) is 31.9. The second-order valence-corrected chi connectivity index (χ2v) is 24.6. The number of carboxylic acids is 1. The summed E-state index contributed by atoms with van der Waals surface area (Å²) in [5.74, 6) is -0.926. The Morgan fingerprint density at radius 1 is 0.505 bits per heavy atom. The van der Waals surface area contributed by atoms with Crippen molar-refractivity contribution in [2.24, 2.45) is 5.73 Å². The zero-order valence-electron chi connectivity index (χ0n) is 55.4. The second-order valence-electron chi connectivity index (χ2n) is 20.5. The molecule has 30 heteroatoms. The van der Waals surface area contributed by atoms with Gasteiger partial charge >= 0.3 is 11.9 Å². The number of aromatic nitrogens is 3. The van der Waals surface area contributed by atoms with Crippen LogP contribution >= 0.6 is 131 Å². The van der Waals surface area contributed by atoms with Gasteiger partial charge in [0.2, 0.25) is 23.8 Å². The number of ketones is 1. The third kappa shape index (κ3) is 37.8. The number of hydrogen-bond acceptors (Lipinski definition) is 18. The minimum atomic E-state index is -1.24. The molecule has 9 aromatic rings. The van der Waals surface area contributed by atoms with Crippen LogP contribution in [0.5, 0.6) is 23.0 Å². The number of aliphatic carboxylic acids is 1. The summed E-state index contributed by atoms with van der Waals surface area (Å²) >= 11 is 50.5. The number of carbonyl (C=O) groups excluding carboxylic acids is 3. The van der Waals surface area contributed by atoms with E-state index in [0.717, 1.165) is 44.1 Å². The van der Waals surface area contributed by atoms with Gasteiger partial charge in [-0.1, -0.05) is 202 Å². The molecule has 0 radical (unpaired) electrons. The Morgan fingerprint density at radius 3 is 1.19 bits per heavy atom.